The summed E-state index contributed by atoms with van der Waals surface area (Å²) in [6.07, 6.45) is 4.73. The molecule has 1 amide bonds. The van der Waals surface area contributed by atoms with Gasteiger partial charge in [-0.2, -0.15) is 0 Å². The van der Waals surface area contributed by atoms with Crippen LogP contribution in [0.5, 0.6) is 0 Å². The number of carbonyl (C=O) groups is 2. The van der Waals surface area contributed by atoms with Gasteiger partial charge >= 0.3 is 5.97 Å². The monoisotopic (exact) mass is 370 g/mol. The molecule has 2 heterocycles. The number of fused-ring (bicyclic) bond motifs is 2. The number of amides is 1. The first-order chi connectivity index (χ1) is 13.0. The van der Waals surface area contributed by atoms with Gasteiger partial charge in [-0.3, -0.25) is 9.69 Å². The van der Waals surface area contributed by atoms with Crippen molar-refractivity contribution in [3.8, 4) is 0 Å². The fourth-order valence-corrected chi connectivity index (χ4v) is 4.49. The minimum Gasteiger partial charge on any atom is -0.472 e. The second-order valence-corrected chi connectivity index (χ2v) is 7.58. The van der Waals surface area contributed by atoms with Gasteiger partial charge in [-0.15, -0.1) is 0 Å². The maximum atomic E-state index is 13.0. The minimum absolute atomic E-state index is 0.0371. The van der Waals surface area contributed by atoms with E-state index in [1.54, 1.807) is 11.8 Å². The number of esters is 1. The molecule has 1 aliphatic carbocycles. The van der Waals surface area contributed by atoms with Crippen molar-refractivity contribution in [1.29, 1.82) is 0 Å². The van der Waals surface area contributed by atoms with Gasteiger partial charge in [0.05, 0.1) is 11.4 Å². The minimum atomic E-state index is -0.501. The molecule has 0 saturated heterocycles. The molecular formula is C21H26N2O4. The molecule has 0 N–H and O–H groups in total. The number of para-hydroxylation sites is 2. The third-order valence-electron chi connectivity index (χ3n) is 5.81. The molecule has 1 aromatic rings. The number of nitrogens with zero attached hydrogens (tertiary/aromatic N) is 2. The number of hydrogen-bond acceptors (Lipinski definition) is 5. The summed E-state index contributed by atoms with van der Waals surface area (Å²) in [5.41, 5.74) is 2.15. The van der Waals surface area contributed by atoms with Crippen LogP contribution in [-0.2, 0) is 19.1 Å². The van der Waals surface area contributed by atoms with Gasteiger partial charge in [-0.25, -0.2) is 4.79 Å². The summed E-state index contributed by atoms with van der Waals surface area (Å²) in [4.78, 5) is 29.3. The number of rotatable bonds is 2. The third kappa shape index (κ3) is 2.97. The number of anilines is 2. The number of likely N-dealkylation sites (N-methyl/N-ethyl adjacent to an activating group) is 1. The lowest BCUT2D eigenvalue weighted by atomic mass is 9.96. The van der Waals surface area contributed by atoms with Crippen LogP contribution in [-0.4, -0.2) is 37.3 Å². The van der Waals surface area contributed by atoms with Crippen molar-refractivity contribution in [2.24, 2.45) is 0 Å². The zero-order chi connectivity index (χ0) is 19.1. The number of hydrogen-bond donors (Lipinski definition) is 0. The molecule has 0 bridgehead atoms. The van der Waals surface area contributed by atoms with E-state index in [2.05, 4.69) is 0 Å². The average molecular weight is 370 g/mol. The molecule has 1 aromatic carbocycles. The standard InChI is InChI=1S/C21H26N2O4/c1-13-18(21(25)27-15-9-5-4-6-10-15)19-20(26-13)22(3)16-11-7-8-12-17(16)23(19)14(2)24/h7-8,11-12,15,19-20H,4-6,9-10H2,1-3H3. The first-order valence-corrected chi connectivity index (χ1v) is 9.69. The zero-order valence-corrected chi connectivity index (χ0v) is 16.1. The second kappa shape index (κ2) is 6.91. The lowest BCUT2D eigenvalue weighted by Gasteiger charge is -2.43. The van der Waals surface area contributed by atoms with Gasteiger partial charge in [0, 0.05) is 14.0 Å². The van der Waals surface area contributed by atoms with Crippen LogP contribution in [0.25, 0.3) is 0 Å². The first-order valence-electron chi connectivity index (χ1n) is 9.69. The maximum absolute atomic E-state index is 13.0. The van der Waals surface area contributed by atoms with Gasteiger partial charge in [0.2, 0.25) is 5.91 Å². The van der Waals surface area contributed by atoms with Gasteiger partial charge in [-0.1, -0.05) is 18.6 Å². The van der Waals surface area contributed by atoms with Crippen molar-refractivity contribution in [2.45, 2.75) is 64.3 Å². The molecule has 144 valence electrons. The van der Waals surface area contributed by atoms with Crippen molar-refractivity contribution in [3.05, 3.63) is 35.6 Å². The summed E-state index contributed by atoms with van der Waals surface area (Å²) in [7, 11) is 1.93. The lowest BCUT2D eigenvalue weighted by molar-refractivity contribution is -0.146. The molecule has 6 nitrogen and oxygen atoms in total. The van der Waals surface area contributed by atoms with Crippen LogP contribution in [0.1, 0.15) is 46.0 Å². The van der Waals surface area contributed by atoms with Gasteiger partial charge in [0.25, 0.3) is 0 Å². The van der Waals surface area contributed by atoms with Gasteiger partial charge < -0.3 is 14.4 Å². The molecule has 3 aliphatic rings. The number of allylic oxidation sites excluding steroid dienone is 1. The fourth-order valence-electron chi connectivity index (χ4n) is 4.49. The largest absolute Gasteiger partial charge is 0.472 e. The van der Waals surface area contributed by atoms with E-state index < -0.39 is 12.3 Å². The molecule has 0 spiro atoms. The predicted molar refractivity (Wildman–Crippen MR) is 102 cm³/mol. The van der Waals surface area contributed by atoms with Crippen molar-refractivity contribution < 1.29 is 19.1 Å². The Kier molecular flexibility index (Phi) is 4.58. The zero-order valence-electron chi connectivity index (χ0n) is 16.1. The van der Waals surface area contributed by atoms with E-state index in [4.69, 9.17) is 9.47 Å². The van der Waals surface area contributed by atoms with E-state index in [1.165, 1.54) is 13.3 Å². The predicted octanol–water partition coefficient (Wildman–Crippen LogP) is 3.36. The van der Waals surface area contributed by atoms with Crippen LogP contribution < -0.4 is 9.80 Å². The van der Waals surface area contributed by atoms with Crippen molar-refractivity contribution >= 4 is 23.3 Å². The van der Waals surface area contributed by atoms with Crippen molar-refractivity contribution in [2.75, 3.05) is 16.8 Å². The lowest BCUT2D eigenvalue weighted by Crippen LogP contribution is -2.56. The molecule has 2 atom stereocenters. The number of ether oxygens (including phenoxy) is 2. The third-order valence-corrected chi connectivity index (χ3v) is 5.81. The fraction of sp³-hybridized carbons (Fsp3) is 0.524. The van der Waals surface area contributed by atoms with Crippen molar-refractivity contribution in [3.63, 3.8) is 0 Å². The molecule has 0 radical (unpaired) electrons. The normalized spacial score (nSPS) is 25.0. The van der Waals surface area contributed by atoms with Crippen LogP contribution in [0.4, 0.5) is 11.4 Å². The highest BCUT2D eigenvalue weighted by molar-refractivity contribution is 6.02. The van der Waals surface area contributed by atoms with E-state index in [0.717, 1.165) is 37.1 Å². The molecule has 0 aromatic heterocycles. The average Bonchev–Trinajstić information content (AvgIpc) is 2.99. The summed E-state index contributed by atoms with van der Waals surface area (Å²) < 4.78 is 11.9. The Bertz CT molecular complexity index is 797. The Morgan fingerprint density at radius 2 is 1.78 bits per heavy atom. The molecule has 1 fully saturated rings. The summed E-state index contributed by atoms with van der Waals surface area (Å²) in [5, 5.41) is 0. The quantitative estimate of drug-likeness (QED) is 0.747. The topological polar surface area (TPSA) is 59.1 Å². The second-order valence-electron chi connectivity index (χ2n) is 7.58. The van der Waals surface area contributed by atoms with Gasteiger partial charge in [0.1, 0.15) is 23.5 Å². The Balaban J connectivity index is 1.69. The van der Waals surface area contributed by atoms with Crippen LogP contribution in [0, 0.1) is 0 Å². The van der Waals surface area contributed by atoms with E-state index in [0.29, 0.717) is 11.3 Å². The van der Waals surface area contributed by atoms with Gasteiger partial charge in [0.15, 0.2) is 6.23 Å². The Morgan fingerprint density at radius 1 is 1.11 bits per heavy atom. The van der Waals surface area contributed by atoms with Crippen LogP contribution >= 0.6 is 0 Å². The molecule has 4 rings (SSSR count). The summed E-state index contributed by atoms with van der Waals surface area (Å²) in [6.45, 7) is 3.31. The summed E-state index contributed by atoms with van der Waals surface area (Å²) in [5.74, 6) is 0.0643. The molecule has 27 heavy (non-hydrogen) atoms. The molecule has 2 unspecified atom stereocenters. The van der Waals surface area contributed by atoms with E-state index in [-0.39, 0.29) is 18.0 Å². The Hall–Kier alpha value is -2.50. The highest BCUT2D eigenvalue weighted by Gasteiger charge is 2.50. The highest BCUT2D eigenvalue weighted by atomic mass is 16.6. The summed E-state index contributed by atoms with van der Waals surface area (Å²) in [6, 6.07) is 7.19. The van der Waals surface area contributed by atoms with E-state index in [1.807, 2.05) is 36.2 Å². The summed E-state index contributed by atoms with van der Waals surface area (Å²) >= 11 is 0. The van der Waals surface area contributed by atoms with Gasteiger partial charge in [-0.05, 0) is 44.7 Å². The Morgan fingerprint density at radius 3 is 2.44 bits per heavy atom. The SMILES string of the molecule is CC(=O)N1c2ccccc2N(C)C2OC(C)=C(C(=O)OC3CCCCC3)C21. The Labute approximate surface area is 159 Å². The molecule has 1 saturated carbocycles. The van der Waals surface area contributed by atoms with Crippen LogP contribution in [0.15, 0.2) is 35.6 Å². The smallest absolute Gasteiger partial charge is 0.340 e. The maximum Gasteiger partial charge on any atom is 0.340 e. The molecule has 6 heteroatoms. The molecular weight excluding hydrogens is 344 g/mol. The number of benzene rings is 1. The van der Waals surface area contributed by atoms with Crippen molar-refractivity contribution in [1.82, 2.24) is 0 Å². The van der Waals surface area contributed by atoms with E-state index in [9.17, 15) is 9.59 Å². The highest BCUT2D eigenvalue weighted by Crippen LogP contribution is 2.44. The molecule has 2 aliphatic heterocycles. The first kappa shape index (κ1) is 17.9. The van der Waals surface area contributed by atoms with Crippen LogP contribution in [0.3, 0.4) is 0 Å². The number of carbonyl (C=O) groups excluding carboxylic acids is 2. The van der Waals surface area contributed by atoms with E-state index >= 15 is 0 Å². The van der Waals surface area contributed by atoms with Crippen LogP contribution in [0.2, 0.25) is 0 Å².